The maximum atomic E-state index is 13.1. The van der Waals surface area contributed by atoms with Gasteiger partial charge in [0, 0.05) is 25.7 Å². The Morgan fingerprint density at radius 2 is 2.11 bits per heavy atom. The molecule has 1 aromatic heterocycles. The molecule has 5 aliphatic rings. The lowest BCUT2D eigenvalue weighted by atomic mass is 9.50. The van der Waals surface area contributed by atoms with Crippen molar-refractivity contribution in [1.29, 1.82) is 0 Å². The van der Waals surface area contributed by atoms with Crippen LogP contribution in [0.4, 0.5) is 0 Å². The maximum Gasteiger partial charge on any atom is 0.224 e. The van der Waals surface area contributed by atoms with E-state index < -0.39 is 0 Å². The molecule has 3 atom stereocenters. The summed E-state index contributed by atoms with van der Waals surface area (Å²) in [7, 11) is 1.73. The number of ether oxygens (including phenoxy) is 1. The maximum absolute atomic E-state index is 13.1. The molecule has 148 valence electrons. The van der Waals surface area contributed by atoms with Gasteiger partial charge in [0.15, 0.2) is 6.33 Å². The number of aromatic nitrogens is 4. The summed E-state index contributed by atoms with van der Waals surface area (Å²) in [5.41, 5.74) is -0.122. The lowest BCUT2D eigenvalue weighted by molar-refractivity contribution is -0.134. The van der Waals surface area contributed by atoms with Gasteiger partial charge in [0.1, 0.15) is 0 Å². The summed E-state index contributed by atoms with van der Waals surface area (Å²) in [5.74, 6) is 1.69. The van der Waals surface area contributed by atoms with E-state index in [2.05, 4.69) is 25.6 Å². The van der Waals surface area contributed by atoms with E-state index in [9.17, 15) is 4.79 Å². The van der Waals surface area contributed by atoms with Gasteiger partial charge in [0.05, 0.1) is 18.1 Å². The SMILES string of the molecule is COCCN1CCC(C(=O)NC23CC4CC(C2)CC(n2ncnn2)(C4)C3)C1. The number of nitrogens with zero attached hydrogens (tertiary/aromatic N) is 5. The van der Waals surface area contributed by atoms with Crippen LogP contribution in [0.1, 0.15) is 44.9 Å². The zero-order chi connectivity index (χ0) is 18.5. The van der Waals surface area contributed by atoms with E-state index >= 15 is 0 Å². The highest BCUT2D eigenvalue weighted by atomic mass is 16.5. The van der Waals surface area contributed by atoms with Crippen LogP contribution < -0.4 is 5.32 Å². The number of hydrogen-bond acceptors (Lipinski definition) is 6. The molecule has 2 heterocycles. The summed E-state index contributed by atoms with van der Waals surface area (Å²) in [6.07, 6.45) is 9.23. The number of amides is 1. The van der Waals surface area contributed by atoms with Gasteiger partial charge < -0.3 is 15.0 Å². The molecule has 4 aliphatic carbocycles. The van der Waals surface area contributed by atoms with Crippen LogP contribution >= 0.6 is 0 Å². The summed E-state index contributed by atoms with van der Waals surface area (Å²) in [4.78, 5) is 17.3. The first-order valence-electron chi connectivity index (χ1n) is 10.4. The number of tetrazole rings is 1. The van der Waals surface area contributed by atoms with Crippen molar-refractivity contribution < 1.29 is 9.53 Å². The molecular weight excluding hydrogens is 344 g/mol. The molecule has 3 unspecified atom stereocenters. The average Bonchev–Trinajstić information content (AvgIpc) is 3.30. The standard InChI is InChI=1S/C19H30N6O2/c1-27-5-4-24-3-2-16(11-24)17(26)22-18-7-14-6-15(8-18)10-19(9-14,12-18)25-21-13-20-23-25/h13-16H,2-12H2,1H3,(H,22,26). The molecule has 0 spiro atoms. The molecule has 1 amide bonds. The van der Waals surface area contributed by atoms with Crippen molar-refractivity contribution in [3.8, 4) is 0 Å². The zero-order valence-electron chi connectivity index (χ0n) is 16.1. The third kappa shape index (κ3) is 3.06. The van der Waals surface area contributed by atoms with Gasteiger partial charge in [-0.1, -0.05) is 0 Å². The smallest absolute Gasteiger partial charge is 0.224 e. The van der Waals surface area contributed by atoms with E-state index in [-0.39, 0.29) is 22.9 Å². The average molecular weight is 374 g/mol. The van der Waals surface area contributed by atoms with Crippen molar-refractivity contribution in [3.05, 3.63) is 6.33 Å². The van der Waals surface area contributed by atoms with Gasteiger partial charge in [0.2, 0.25) is 5.91 Å². The summed E-state index contributed by atoms with van der Waals surface area (Å²) in [5, 5.41) is 16.2. The van der Waals surface area contributed by atoms with Crippen LogP contribution in [0.2, 0.25) is 0 Å². The summed E-state index contributed by atoms with van der Waals surface area (Å²) < 4.78 is 5.18. The second-order valence-electron chi connectivity index (χ2n) is 9.46. The van der Waals surface area contributed by atoms with Crippen molar-refractivity contribution in [1.82, 2.24) is 30.4 Å². The van der Waals surface area contributed by atoms with E-state index in [1.807, 2.05) is 4.80 Å². The second-order valence-corrected chi connectivity index (χ2v) is 9.46. The van der Waals surface area contributed by atoms with Gasteiger partial charge in [-0.2, -0.15) is 4.80 Å². The predicted molar refractivity (Wildman–Crippen MR) is 97.8 cm³/mol. The van der Waals surface area contributed by atoms with Crippen molar-refractivity contribution in [2.24, 2.45) is 17.8 Å². The molecule has 8 heteroatoms. The first kappa shape index (κ1) is 17.6. The summed E-state index contributed by atoms with van der Waals surface area (Å²) in [6.45, 7) is 3.49. The van der Waals surface area contributed by atoms with Crippen LogP contribution in [0.3, 0.4) is 0 Å². The third-order valence-electron chi connectivity index (χ3n) is 7.45. The molecule has 8 nitrogen and oxygen atoms in total. The van der Waals surface area contributed by atoms with E-state index in [4.69, 9.17) is 4.74 Å². The number of carbonyl (C=O) groups is 1. The van der Waals surface area contributed by atoms with E-state index in [1.54, 1.807) is 7.11 Å². The van der Waals surface area contributed by atoms with Crippen LogP contribution in [-0.2, 0) is 15.1 Å². The Morgan fingerprint density at radius 3 is 2.81 bits per heavy atom. The molecule has 1 aromatic rings. The lowest BCUT2D eigenvalue weighted by Gasteiger charge is -2.61. The van der Waals surface area contributed by atoms with Crippen LogP contribution in [-0.4, -0.2) is 69.9 Å². The van der Waals surface area contributed by atoms with Gasteiger partial charge >= 0.3 is 0 Å². The fourth-order valence-corrected chi connectivity index (χ4v) is 6.81. The topological polar surface area (TPSA) is 85.2 Å². The highest BCUT2D eigenvalue weighted by molar-refractivity contribution is 5.80. The first-order valence-corrected chi connectivity index (χ1v) is 10.4. The molecule has 1 N–H and O–H groups in total. The highest BCUT2D eigenvalue weighted by Gasteiger charge is 2.60. The molecule has 0 aromatic carbocycles. The Balaban J connectivity index is 1.30. The summed E-state index contributed by atoms with van der Waals surface area (Å²) in [6, 6.07) is 0. The molecule has 4 bridgehead atoms. The Bertz CT molecular complexity index is 678. The van der Waals surface area contributed by atoms with Crippen molar-refractivity contribution in [2.45, 2.75) is 56.0 Å². The molecule has 6 rings (SSSR count). The highest BCUT2D eigenvalue weighted by Crippen LogP contribution is 2.60. The molecule has 27 heavy (non-hydrogen) atoms. The fourth-order valence-electron chi connectivity index (χ4n) is 6.81. The van der Waals surface area contributed by atoms with Crippen LogP contribution in [0.25, 0.3) is 0 Å². The van der Waals surface area contributed by atoms with Gasteiger partial charge in [-0.25, -0.2) is 0 Å². The number of nitrogens with one attached hydrogen (secondary N) is 1. The number of hydrogen-bond donors (Lipinski definition) is 1. The van der Waals surface area contributed by atoms with Gasteiger partial charge in [0.25, 0.3) is 0 Å². The van der Waals surface area contributed by atoms with E-state index in [0.29, 0.717) is 11.8 Å². The Hall–Kier alpha value is -1.54. The minimum Gasteiger partial charge on any atom is -0.383 e. The molecule has 1 saturated heterocycles. The van der Waals surface area contributed by atoms with Crippen molar-refractivity contribution in [2.75, 3.05) is 33.4 Å². The number of likely N-dealkylation sites (tertiary alicyclic amines) is 1. The normalized spacial score (nSPS) is 40.6. The van der Waals surface area contributed by atoms with E-state index in [1.165, 1.54) is 12.7 Å². The Kier molecular flexibility index (Phi) is 4.23. The fraction of sp³-hybridized carbons (Fsp3) is 0.895. The Labute approximate surface area is 160 Å². The lowest BCUT2D eigenvalue weighted by Crippen LogP contribution is -2.66. The zero-order valence-corrected chi connectivity index (χ0v) is 16.1. The van der Waals surface area contributed by atoms with Crippen molar-refractivity contribution in [3.63, 3.8) is 0 Å². The number of carbonyl (C=O) groups excluding carboxylic acids is 1. The third-order valence-corrected chi connectivity index (χ3v) is 7.45. The predicted octanol–water partition coefficient (Wildman–Crippen LogP) is 0.806. The first-order chi connectivity index (χ1) is 13.1. The van der Waals surface area contributed by atoms with Crippen LogP contribution in [0.15, 0.2) is 6.33 Å². The molecular formula is C19H30N6O2. The molecule has 1 aliphatic heterocycles. The number of methoxy groups -OCH3 is 1. The minimum absolute atomic E-state index is 0.0476. The quantitative estimate of drug-likeness (QED) is 0.793. The van der Waals surface area contributed by atoms with E-state index in [0.717, 1.165) is 64.8 Å². The molecule has 4 saturated carbocycles. The van der Waals surface area contributed by atoms with Crippen LogP contribution in [0.5, 0.6) is 0 Å². The minimum atomic E-state index is -0.0747. The van der Waals surface area contributed by atoms with Gasteiger partial charge in [-0.05, 0) is 68.5 Å². The van der Waals surface area contributed by atoms with Crippen molar-refractivity contribution >= 4 is 5.91 Å². The molecule has 0 radical (unpaired) electrons. The monoisotopic (exact) mass is 374 g/mol. The van der Waals surface area contributed by atoms with Crippen LogP contribution in [0, 0.1) is 17.8 Å². The second kappa shape index (κ2) is 6.51. The van der Waals surface area contributed by atoms with Gasteiger partial charge in [-0.3, -0.25) is 4.79 Å². The number of rotatable bonds is 6. The summed E-state index contributed by atoms with van der Waals surface area (Å²) >= 11 is 0. The Morgan fingerprint density at radius 1 is 1.30 bits per heavy atom. The largest absolute Gasteiger partial charge is 0.383 e. The van der Waals surface area contributed by atoms with Gasteiger partial charge in [-0.15, -0.1) is 10.2 Å². The molecule has 5 fully saturated rings.